The van der Waals surface area contributed by atoms with Gasteiger partial charge in [-0.25, -0.2) is 0 Å². The highest BCUT2D eigenvalue weighted by atomic mass is 16.2. The van der Waals surface area contributed by atoms with Crippen LogP contribution in [0.4, 0.5) is 11.4 Å². The Kier molecular flexibility index (Phi) is 6.36. The van der Waals surface area contributed by atoms with E-state index in [-0.39, 0.29) is 17.7 Å². The summed E-state index contributed by atoms with van der Waals surface area (Å²) in [6, 6.07) is 17.5. The molecule has 3 amide bonds. The van der Waals surface area contributed by atoms with Crippen LogP contribution in [-0.2, 0) is 4.79 Å². The van der Waals surface area contributed by atoms with Gasteiger partial charge in [-0.1, -0.05) is 18.2 Å². The molecule has 0 saturated heterocycles. The maximum atomic E-state index is 12.3. The monoisotopic (exact) mass is 426 g/mol. The fourth-order valence-corrected chi connectivity index (χ4v) is 2.98. The summed E-state index contributed by atoms with van der Waals surface area (Å²) in [5.74, 6) is -0.639. The Morgan fingerprint density at radius 3 is 2.16 bits per heavy atom. The van der Waals surface area contributed by atoms with Crippen LogP contribution < -0.4 is 16.0 Å². The number of rotatable bonds is 7. The third kappa shape index (κ3) is 5.89. The largest absolute Gasteiger partial charge is 0.349 e. The van der Waals surface area contributed by atoms with Crippen LogP contribution in [0, 0.1) is 0 Å². The van der Waals surface area contributed by atoms with Crippen LogP contribution in [0.2, 0.25) is 0 Å². The Morgan fingerprint density at radius 2 is 1.47 bits per heavy atom. The zero-order chi connectivity index (χ0) is 22.3. The standard InChI is InChI=1S/C25H22N4O3/c30-23(11-6-17-4-7-18(8-5-17)24(31)28-20-9-10-20)27-21-2-1-3-22(16-21)29-25(32)19-12-14-26-15-13-19/h1-8,11-16,20H,9-10H2,(H,27,30)(H,28,31)(H,29,32)/b11-6+. The number of anilines is 2. The predicted molar refractivity (Wildman–Crippen MR) is 123 cm³/mol. The van der Waals surface area contributed by atoms with Crippen LogP contribution in [0.25, 0.3) is 6.08 Å². The Bertz CT molecular complexity index is 1150. The first-order valence-corrected chi connectivity index (χ1v) is 10.3. The first-order chi connectivity index (χ1) is 15.6. The van der Waals surface area contributed by atoms with Crippen molar-refractivity contribution >= 4 is 35.2 Å². The molecule has 3 aromatic rings. The van der Waals surface area contributed by atoms with Crippen molar-refractivity contribution < 1.29 is 14.4 Å². The molecule has 3 N–H and O–H groups in total. The molecule has 2 aromatic carbocycles. The van der Waals surface area contributed by atoms with E-state index in [0.29, 0.717) is 28.5 Å². The minimum atomic E-state index is -0.307. The summed E-state index contributed by atoms with van der Waals surface area (Å²) in [6.07, 6.45) is 8.28. The summed E-state index contributed by atoms with van der Waals surface area (Å²) in [6.45, 7) is 0. The number of nitrogens with zero attached hydrogens (tertiary/aromatic N) is 1. The van der Waals surface area contributed by atoms with E-state index in [1.165, 1.54) is 6.08 Å². The summed E-state index contributed by atoms with van der Waals surface area (Å²) < 4.78 is 0. The molecular formula is C25H22N4O3. The molecule has 1 aliphatic rings. The van der Waals surface area contributed by atoms with E-state index in [1.807, 2.05) is 0 Å². The lowest BCUT2D eigenvalue weighted by atomic mass is 10.1. The highest BCUT2D eigenvalue weighted by Crippen LogP contribution is 2.19. The zero-order valence-electron chi connectivity index (χ0n) is 17.2. The molecule has 1 heterocycles. The predicted octanol–water partition coefficient (Wildman–Crippen LogP) is 3.88. The smallest absolute Gasteiger partial charge is 0.255 e. The maximum absolute atomic E-state index is 12.3. The molecular weight excluding hydrogens is 404 g/mol. The van der Waals surface area contributed by atoms with E-state index in [2.05, 4.69) is 20.9 Å². The van der Waals surface area contributed by atoms with Crippen LogP contribution in [0.5, 0.6) is 0 Å². The highest BCUT2D eigenvalue weighted by Gasteiger charge is 2.23. The first kappa shape index (κ1) is 21.0. The SMILES string of the molecule is O=C(/C=C/c1ccc(C(=O)NC2CC2)cc1)Nc1cccc(NC(=O)c2ccncc2)c1. The van der Waals surface area contributed by atoms with Gasteiger partial charge in [-0.3, -0.25) is 19.4 Å². The first-order valence-electron chi connectivity index (χ1n) is 10.3. The number of benzene rings is 2. The number of aromatic nitrogens is 1. The van der Waals surface area contributed by atoms with E-state index in [1.54, 1.807) is 79.1 Å². The van der Waals surface area contributed by atoms with Gasteiger partial charge in [-0.2, -0.15) is 0 Å². The summed E-state index contributed by atoms with van der Waals surface area (Å²) in [7, 11) is 0. The summed E-state index contributed by atoms with van der Waals surface area (Å²) in [5.41, 5.74) is 3.02. The molecule has 0 unspecified atom stereocenters. The van der Waals surface area contributed by atoms with Gasteiger partial charge in [0.05, 0.1) is 0 Å². The van der Waals surface area contributed by atoms with E-state index in [9.17, 15) is 14.4 Å². The topological polar surface area (TPSA) is 100 Å². The lowest BCUT2D eigenvalue weighted by molar-refractivity contribution is -0.111. The van der Waals surface area contributed by atoms with E-state index in [4.69, 9.17) is 0 Å². The van der Waals surface area contributed by atoms with Crippen LogP contribution >= 0.6 is 0 Å². The zero-order valence-corrected chi connectivity index (χ0v) is 17.2. The van der Waals surface area contributed by atoms with Gasteiger partial charge >= 0.3 is 0 Å². The van der Waals surface area contributed by atoms with Crippen LogP contribution in [-0.4, -0.2) is 28.7 Å². The van der Waals surface area contributed by atoms with Crippen LogP contribution in [0.1, 0.15) is 39.1 Å². The van der Waals surface area contributed by atoms with Crippen molar-refractivity contribution in [3.63, 3.8) is 0 Å². The lowest BCUT2D eigenvalue weighted by Crippen LogP contribution is -2.25. The van der Waals surface area contributed by atoms with Crippen molar-refractivity contribution in [2.75, 3.05) is 10.6 Å². The minimum absolute atomic E-state index is 0.0725. The second-order valence-corrected chi connectivity index (χ2v) is 7.46. The third-order valence-corrected chi connectivity index (χ3v) is 4.84. The van der Waals surface area contributed by atoms with Crippen molar-refractivity contribution in [1.82, 2.24) is 10.3 Å². The molecule has 1 fully saturated rings. The van der Waals surface area contributed by atoms with E-state index in [0.717, 1.165) is 18.4 Å². The molecule has 0 radical (unpaired) electrons. The van der Waals surface area contributed by atoms with Gasteiger partial charge in [0.15, 0.2) is 0 Å². The number of pyridine rings is 1. The van der Waals surface area contributed by atoms with Gasteiger partial charge < -0.3 is 16.0 Å². The Balaban J connectivity index is 1.32. The molecule has 0 spiro atoms. The van der Waals surface area contributed by atoms with Gasteiger partial charge in [0.2, 0.25) is 5.91 Å². The van der Waals surface area contributed by atoms with Crippen molar-refractivity contribution in [3.8, 4) is 0 Å². The molecule has 4 rings (SSSR count). The molecule has 7 heteroatoms. The average Bonchev–Trinajstić information content (AvgIpc) is 3.63. The highest BCUT2D eigenvalue weighted by molar-refractivity contribution is 6.05. The number of hydrogen-bond donors (Lipinski definition) is 3. The molecule has 1 aliphatic carbocycles. The fraction of sp³-hybridized carbons (Fsp3) is 0.120. The molecule has 160 valence electrons. The number of hydrogen-bond acceptors (Lipinski definition) is 4. The van der Waals surface area contributed by atoms with Gasteiger partial charge in [-0.05, 0) is 66.9 Å². The normalized spacial score (nSPS) is 12.9. The average molecular weight is 426 g/mol. The molecule has 1 aromatic heterocycles. The Morgan fingerprint density at radius 1 is 0.812 bits per heavy atom. The van der Waals surface area contributed by atoms with Crippen molar-refractivity contribution in [1.29, 1.82) is 0 Å². The lowest BCUT2D eigenvalue weighted by Gasteiger charge is -2.08. The van der Waals surface area contributed by atoms with Crippen molar-refractivity contribution in [2.45, 2.75) is 18.9 Å². The van der Waals surface area contributed by atoms with E-state index >= 15 is 0 Å². The van der Waals surface area contributed by atoms with Crippen molar-refractivity contribution in [2.24, 2.45) is 0 Å². The third-order valence-electron chi connectivity index (χ3n) is 4.84. The second kappa shape index (κ2) is 9.70. The second-order valence-electron chi connectivity index (χ2n) is 7.46. The number of amides is 3. The number of nitrogens with one attached hydrogen (secondary N) is 3. The molecule has 1 saturated carbocycles. The summed E-state index contributed by atoms with van der Waals surface area (Å²) in [4.78, 5) is 40.5. The van der Waals surface area contributed by atoms with Gasteiger partial charge in [-0.15, -0.1) is 0 Å². The fourth-order valence-electron chi connectivity index (χ4n) is 2.98. The van der Waals surface area contributed by atoms with Crippen molar-refractivity contribution in [3.05, 3.63) is 95.8 Å². The maximum Gasteiger partial charge on any atom is 0.255 e. The summed E-state index contributed by atoms with van der Waals surface area (Å²) in [5, 5.41) is 8.51. The molecule has 32 heavy (non-hydrogen) atoms. The molecule has 0 atom stereocenters. The van der Waals surface area contributed by atoms with Gasteiger partial charge in [0.25, 0.3) is 11.8 Å². The Labute approximate surface area is 185 Å². The number of carbonyl (C=O) groups is 3. The van der Waals surface area contributed by atoms with Gasteiger partial charge in [0, 0.05) is 47.0 Å². The quantitative estimate of drug-likeness (QED) is 0.499. The number of carbonyl (C=O) groups excluding carboxylic acids is 3. The van der Waals surface area contributed by atoms with Gasteiger partial charge in [0.1, 0.15) is 0 Å². The van der Waals surface area contributed by atoms with Crippen LogP contribution in [0.15, 0.2) is 79.1 Å². The minimum Gasteiger partial charge on any atom is -0.349 e. The van der Waals surface area contributed by atoms with Crippen LogP contribution in [0.3, 0.4) is 0 Å². The van der Waals surface area contributed by atoms with E-state index < -0.39 is 0 Å². The molecule has 0 bridgehead atoms. The molecule has 7 nitrogen and oxygen atoms in total. The molecule has 0 aliphatic heterocycles. The Hall–Kier alpha value is -4.26. The summed E-state index contributed by atoms with van der Waals surface area (Å²) >= 11 is 0.